The molecule has 1 aromatic heterocycles. The summed E-state index contributed by atoms with van der Waals surface area (Å²) in [5.74, 6) is 0.802. The summed E-state index contributed by atoms with van der Waals surface area (Å²) in [5.41, 5.74) is 1.23. The maximum absolute atomic E-state index is 12.6. The summed E-state index contributed by atoms with van der Waals surface area (Å²) >= 11 is 1.74. The Balaban J connectivity index is 1.24. The molecule has 0 spiro atoms. The van der Waals surface area contributed by atoms with Crippen LogP contribution in [0.1, 0.15) is 30.1 Å². The number of carbonyl (C=O) groups excluding carboxylic acids is 2. The summed E-state index contributed by atoms with van der Waals surface area (Å²) in [5, 5.41) is 4.20. The normalized spacial score (nSPS) is 15.2. The summed E-state index contributed by atoms with van der Waals surface area (Å²) < 4.78 is 5.53. The molecule has 0 bridgehead atoms. The van der Waals surface area contributed by atoms with Gasteiger partial charge in [-0.15, -0.1) is 0 Å². The van der Waals surface area contributed by atoms with Gasteiger partial charge < -0.3 is 19.9 Å². The number of aromatic nitrogens is 2. The molecule has 166 valence electrons. The van der Waals surface area contributed by atoms with E-state index in [0.717, 1.165) is 18.0 Å². The van der Waals surface area contributed by atoms with Crippen LogP contribution >= 0.6 is 11.8 Å². The van der Waals surface area contributed by atoms with Gasteiger partial charge >= 0.3 is 6.09 Å². The van der Waals surface area contributed by atoms with Crippen LogP contribution in [-0.2, 0) is 0 Å². The number of nitrogens with zero attached hydrogens (tertiary/aromatic N) is 2. The second kappa shape index (κ2) is 10.4. The molecule has 0 aliphatic carbocycles. The highest BCUT2D eigenvalue weighted by molar-refractivity contribution is 7.99. The van der Waals surface area contributed by atoms with Gasteiger partial charge in [-0.1, -0.05) is 36.9 Å². The lowest BCUT2D eigenvalue weighted by molar-refractivity contribution is 0.102. The fourth-order valence-corrected chi connectivity index (χ4v) is 4.78. The lowest BCUT2D eigenvalue weighted by Crippen LogP contribution is -2.41. The van der Waals surface area contributed by atoms with Gasteiger partial charge in [0, 0.05) is 42.0 Å². The summed E-state index contributed by atoms with van der Waals surface area (Å²) in [7, 11) is 0. The first-order valence-electron chi connectivity index (χ1n) is 10.7. The number of imidazole rings is 1. The number of hydrogen-bond acceptors (Lipinski definition) is 5. The molecule has 0 radical (unpaired) electrons. The van der Waals surface area contributed by atoms with E-state index in [1.54, 1.807) is 59.3 Å². The topological polar surface area (TPSA) is 87.3 Å². The molecule has 7 nitrogen and oxygen atoms in total. The van der Waals surface area contributed by atoms with Crippen molar-refractivity contribution in [3.8, 4) is 5.75 Å². The van der Waals surface area contributed by atoms with E-state index < -0.39 is 0 Å². The highest BCUT2D eigenvalue weighted by Crippen LogP contribution is 2.32. The van der Waals surface area contributed by atoms with Gasteiger partial charge in [0.25, 0.3) is 5.91 Å². The first-order chi connectivity index (χ1) is 15.6. The molecule has 2 aromatic carbocycles. The van der Waals surface area contributed by atoms with Gasteiger partial charge in [-0.05, 0) is 55.2 Å². The number of amides is 2. The monoisotopic (exact) mass is 450 g/mol. The molecule has 2 N–H and O–H groups in total. The molecular formula is C24H26N4O3S. The van der Waals surface area contributed by atoms with Gasteiger partial charge in [0.1, 0.15) is 5.75 Å². The maximum Gasteiger partial charge on any atom is 0.415 e. The third-order valence-electron chi connectivity index (χ3n) is 5.59. The standard InChI is InChI=1S/C24H26N4O3S/c1-17(32-23-25-13-14-26-23)18-11-15-28(16-12-18)24(30)31-21-9-7-20(8-10-21)27-22(29)19-5-3-2-4-6-19/h2-10,13-14,17-18H,11-12,15-16H2,1H3,(H,25,26)(H,27,29). The molecule has 32 heavy (non-hydrogen) atoms. The van der Waals surface area contributed by atoms with Crippen molar-refractivity contribution < 1.29 is 14.3 Å². The Morgan fingerprint density at radius 2 is 1.84 bits per heavy atom. The molecule has 0 saturated carbocycles. The summed E-state index contributed by atoms with van der Waals surface area (Å²) in [6.07, 6.45) is 5.13. The Morgan fingerprint density at radius 1 is 1.12 bits per heavy atom. The zero-order valence-electron chi connectivity index (χ0n) is 17.9. The second-order valence-corrected chi connectivity index (χ2v) is 9.12. The van der Waals surface area contributed by atoms with Crippen LogP contribution in [0.3, 0.4) is 0 Å². The van der Waals surface area contributed by atoms with Crippen LogP contribution in [0.2, 0.25) is 0 Å². The van der Waals surface area contributed by atoms with Crippen LogP contribution in [0.5, 0.6) is 5.75 Å². The van der Waals surface area contributed by atoms with Crippen LogP contribution in [0, 0.1) is 5.92 Å². The average Bonchev–Trinajstić information content (AvgIpc) is 3.34. The SMILES string of the molecule is CC(Sc1ncc[nH]1)C1CCN(C(=O)Oc2ccc(NC(=O)c3ccccc3)cc2)CC1. The first kappa shape index (κ1) is 22.0. The molecular weight excluding hydrogens is 424 g/mol. The fourth-order valence-electron chi connectivity index (χ4n) is 3.70. The van der Waals surface area contributed by atoms with E-state index in [-0.39, 0.29) is 12.0 Å². The minimum absolute atomic E-state index is 0.183. The third kappa shape index (κ3) is 5.70. The van der Waals surface area contributed by atoms with E-state index in [9.17, 15) is 9.59 Å². The summed E-state index contributed by atoms with van der Waals surface area (Å²) in [6, 6.07) is 15.8. The number of benzene rings is 2. The van der Waals surface area contributed by atoms with Crippen molar-refractivity contribution in [3.63, 3.8) is 0 Å². The minimum Gasteiger partial charge on any atom is -0.410 e. The van der Waals surface area contributed by atoms with E-state index in [4.69, 9.17) is 4.74 Å². The van der Waals surface area contributed by atoms with Crippen molar-refractivity contribution in [2.75, 3.05) is 18.4 Å². The van der Waals surface area contributed by atoms with E-state index in [2.05, 4.69) is 22.2 Å². The largest absolute Gasteiger partial charge is 0.415 e. The van der Waals surface area contributed by atoms with Crippen molar-refractivity contribution in [2.24, 2.45) is 5.92 Å². The fraction of sp³-hybridized carbons (Fsp3) is 0.292. The Hall–Kier alpha value is -3.26. The lowest BCUT2D eigenvalue weighted by atomic mass is 9.94. The lowest BCUT2D eigenvalue weighted by Gasteiger charge is -2.33. The second-order valence-electron chi connectivity index (χ2n) is 7.75. The number of nitrogens with one attached hydrogen (secondary N) is 2. The van der Waals surface area contributed by atoms with Crippen LogP contribution in [0.15, 0.2) is 72.1 Å². The van der Waals surface area contributed by atoms with Crippen LogP contribution in [-0.4, -0.2) is 45.2 Å². The molecule has 3 aromatic rings. The van der Waals surface area contributed by atoms with E-state index in [1.807, 2.05) is 24.4 Å². The maximum atomic E-state index is 12.6. The number of likely N-dealkylation sites (tertiary alicyclic amines) is 1. The first-order valence-corrected chi connectivity index (χ1v) is 11.6. The van der Waals surface area contributed by atoms with Crippen LogP contribution in [0.4, 0.5) is 10.5 Å². The van der Waals surface area contributed by atoms with Crippen molar-refractivity contribution in [2.45, 2.75) is 30.2 Å². The minimum atomic E-state index is -0.337. The van der Waals surface area contributed by atoms with Gasteiger partial charge in [-0.2, -0.15) is 0 Å². The molecule has 8 heteroatoms. The quantitative estimate of drug-likeness (QED) is 0.513. The number of carbonyl (C=O) groups is 2. The Labute approximate surface area is 191 Å². The van der Waals surface area contributed by atoms with Gasteiger partial charge in [-0.3, -0.25) is 4.79 Å². The smallest absolute Gasteiger partial charge is 0.410 e. The average molecular weight is 451 g/mol. The molecule has 1 saturated heterocycles. The molecule has 1 unspecified atom stereocenters. The molecule has 2 heterocycles. The number of piperidine rings is 1. The zero-order valence-corrected chi connectivity index (χ0v) is 18.7. The van der Waals surface area contributed by atoms with Crippen molar-refractivity contribution in [3.05, 3.63) is 72.6 Å². The number of rotatable bonds is 6. The number of anilines is 1. The highest BCUT2D eigenvalue weighted by atomic mass is 32.2. The number of aromatic amines is 1. The van der Waals surface area contributed by atoms with Crippen molar-refractivity contribution >= 4 is 29.4 Å². The van der Waals surface area contributed by atoms with Crippen LogP contribution < -0.4 is 10.1 Å². The molecule has 1 aliphatic heterocycles. The number of thioether (sulfide) groups is 1. The predicted octanol–water partition coefficient (Wildman–Crippen LogP) is 5.05. The van der Waals surface area contributed by atoms with Crippen molar-refractivity contribution in [1.82, 2.24) is 14.9 Å². The molecule has 1 atom stereocenters. The molecule has 2 amide bonds. The van der Waals surface area contributed by atoms with Gasteiger partial charge in [0.2, 0.25) is 0 Å². The number of hydrogen-bond donors (Lipinski definition) is 2. The van der Waals surface area contributed by atoms with Gasteiger partial charge in [0.05, 0.1) is 0 Å². The molecule has 1 fully saturated rings. The Morgan fingerprint density at radius 3 is 2.50 bits per heavy atom. The summed E-state index contributed by atoms with van der Waals surface area (Å²) in [4.78, 5) is 34.0. The third-order valence-corrected chi connectivity index (χ3v) is 6.79. The van der Waals surface area contributed by atoms with Crippen molar-refractivity contribution in [1.29, 1.82) is 0 Å². The van der Waals surface area contributed by atoms with E-state index >= 15 is 0 Å². The zero-order chi connectivity index (χ0) is 22.3. The Bertz CT molecular complexity index is 1020. The van der Waals surface area contributed by atoms with E-state index in [1.165, 1.54) is 0 Å². The number of ether oxygens (including phenoxy) is 1. The molecule has 4 rings (SSSR count). The Kier molecular flexibility index (Phi) is 7.11. The van der Waals surface area contributed by atoms with Gasteiger partial charge in [0.15, 0.2) is 5.16 Å². The van der Waals surface area contributed by atoms with Crippen LogP contribution in [0.25, 0.3) is 0 Å². The highest BCUT2D eigenvalue weighted by Gasteiger charge is 2.28. The van der Waals surface area contributed by atoms with E-state index in [0.29, 0.717) is 41.3 Å². The summed E-state index contributed by atoms with van der Waals surface area (Å²) in [6.45, 7) is 3.57. The predicted molar refractivity (Wildman–Crippen MR) is 125 cm³/mol. The molecule has 1 aliphatic rings. The number of H-pyrrole nitrogens is 1. The van der Waals surface area contributed by atoms with Gasteiger partial charge in [-0.25, -0.2) is 9.78 Å².